The van der Waals surface area contributed by atoms with E-state index >= 15 is 0 Å². The first-order valence-corrected chi connectivity index (χ1v) is 13.5. The van der Waals surface area contributed by atoms with Crippen LogP contribution in [-0.2, 0) is 11.3 Å². The fourth-order valence-corrected chi connectivity index (χ4v) is 5.64. The van der Waals surface area contributed by atoms with Gasteiger partial charge < -0.3 is 19.5 Å². The summed E-state index contributed by atoms with van der Waals surface area (Å²) in [6, 6.07) is 12.9. The predicted octanol–water partition coefficient (Wildman–Crippen LogP) is 6.71. The van der Waals surface area contributed by atoms with Crippen LogP contribution in [0.4, 0.5) is 5.69 Å². The lowest BCUT2D eigenvalue weighted by Crippen LogP contribution is -2.32. The molecular weight excluding hydrogens is 526 g/mol. The fourth-order valence-electron chi connectivity index (χ4n) is 4.88. The number of nitrogens with zero attached hydrogens (tertiary/aromatic N) is 2. The van der Waals surface area contributed by atoms with Crippen LogP contribution in [0.5, 0.6) is 11.5 Å². The summed E-state index contributed by atoms with van der Waals surface area (Å²) in [5.41, 5.74) is 5.48. The third-order valence-electron chi connectivity index (χ3n) is 6.50. The second-order valence-corrected chi connectivity index (χ2v) is 11.3. The number of allylic oxidation sites excluding steroid dienone is 1. The average Bonchev–Trinajstić information content (AvgIpc) is 3.37. The molecule has 9 heteroatoms. The number of anilines is 1. The minimum Gasteiger partial charge on any atom is -0.496 e. The molecule has 8 nitrogen and oxygen atoms in total. The number of rotatable bonds is 7. The summed E-state index contributed by atoms with van der Waals surface area (Å²) < 4.78 is 17.1. The van der Waals surface area contributed by atoms with Gasteiger partial charge in [0, 0.05) is 45.7 Å². The highest BCUT2D eigenvalue weighted by atomic mass is 32.1. The molecule has 1 aliphatic rings. The van der Waals surface area contributed by atoms with E-state index in [9.17, 15) is 9.59 Å². The third-order valence-corrected chi connectivity index (χ3v) is 7.48. The number of esters is 2. The first kappa shape index (κ1) is 27.1. The van der Waals surface area contributed by atoms with E-state index in [2.05, 4.69) is 42.1 Å². The second kappa shape index (κ2) is 10.9. The van der Waals surface area contributed by atoms with E-state index < -0.39 is 5.97 Å². The Bertz CT molecular complexity index is 1630. The van der Waals surface area contributed by atoms with Crippen LogP contribution in [0.15, 0.2) is 67.3 Å². The molecule has 2 aromatic carbocycles. The Morgan fingerprint density at radius 2 is 1.73 bits per heavy atom. The standard InChI is InChI=1S/C31H29N3O5S/c1-18-13-31(3,4)34-25-10-9-22(24(28(18)25)16-38-30(36)27-11-6-19(2)40-27)23-8-7-21(12-26(23)37-5)39-29(35)20-14-32-17-33-15-20/h6-15,17,34H,16H2,1-5H3. The number of hydrogen-bond donors (Lipinski definition) is 1. The summed E-state index contributed by atoms with van der Waals surface area (Å²) >= 11 is 1.40. The minimum absolute atomic E-state index is 0.0650. The molecule has 2 aromatic heterocycles. The van der Waals surface area contributed by atoms with Gasteiger partial charge in [-0.05, 0) is 69.2 Å². The highest BCUT2D eigenvalue weighted by Gasteiger charge is 2.27. The van der Waals surface area contributed by atoms with Crippen molar-refractivity contribution in [1.29, 1.82) is 0 Å². The maximum absolute atomic E-state index is 12.9. The molecule has 40 heavy (non-hydrogen) atoms. The third kappa shape index (κ3) is 5.60. The molecule has 0 aliphatic carbocycles. The Morgan fingerprint density at radius 1 is 0.975 bits per heavy atom. The van der Waals surface area contributed by atoms with Crippen molar-refractivity contribution in [3.63, 3.8) is 0 Å². The Kier molecular flexibility index (Phi) is 7.40. The van der Waals surface area contributed by atoms with Gasteiger partial charge >= 0.3 is 11.9 Å². The summed E-state index contributed by atoms with van der Waals surface area (Å²) in [5.74, 6) is -0.128. The van der Waals surface area contributed by atoms with Crippen LogP contribution in [0.3, 0.4) is 0 Å². The molecule has 0 atom stereocenters. The number of benzene rings is 2. The summed E-state index contributed by atoms with van der Waals surface area (Å²) in [7, 11) is 1.56. The SMILES string of the molecule is COc1cc(OC(=O)c2cncnc2)ccc1-c1ccc2c(c1COC(=O)c1ccc(C)s1)C(C)=CC(C)(C)N2. The van der Waals surface area contributed by atoms with E-state index in [-0.39, 0.29) is 23.7 Å². The van der Waals surface area contributed by atoms with Crippen molar-refractivity contribution in [2.75, 3.05) is 12.4 Å². The number of carbonyl (C=O) groups is 2. The quantitative estimate of drug-likeness (QED) is 0.199. The Hall–Kier alpha value is -4.50. The number of hydrogen-bond acceptors (Lipinski definition) is 9. The predicted molar refractivity (Wildman–Crippen MR) is 155 cm³/mol. The van der Waals surface area contributed by atoms with Crippen molar-refractivity contribution < 1.29 is 23.8 Å². The van der Waals surface area contributed by atoms with E-state index in [1.165, 1.54) is 30.1 Å². The van der Waals surface area contributed by atoms with Gasteiger partial charge in [0.1, 0.15) is 29.3 Å². The zero-order chi connectivity index (χ0) is 28.4. The molecule has 0 unspecified atom stereocenters. The summed E-state index contributed by atoms with van der Waals surface area (Å²) in [5, 5.41) is 3.57. The number of nitrogens with one attached hydrogen (secondary N) is 1. The molecule has 3 heterocycles. The zero-order valence-corrected chi connectivity index (χ0v) is 23.7. The van der Waals surface area contributed by atoms with Gasteiger partial charge in [0.25, 0.3) is 0 Å². The molecule has 0 radical (unpaired) electrons. The highest BCUT2D eigenvalue weighted by molar-refractivity contribution is 7.13. The van der Waals surface area contributed by atoms with Crippen molar-refractivity contribution in [2.45, 2.75) is 39.8 Å². The van der Waals surface area contributed by atoms with Gasteiger partial charge in [-0.2, -0.15) is 0 Å². The molecule has 0 fully saturated rings. The lowest BCUT2D eigenvalue weighted by molar-refractivity contribution is 0.0478. The van der Waals surface area contributed by atoms with E-state index in [1.54, 1.807) is 25.3 Å². The van der Waals surface area contributed by atoms with Gasteiger partial charge in [-0.1, -0.05) is 12.1 Å². The number of carbonyl (C=O) groups excluding carboxylic acids is 2. The van der Waals surface area contributed by atoms with Crippen LogP contribution in [0.2, 0.25) is 0 Å². The lowest BCUT2D eigenvalue weighted by Gasteiger charge is -2.33. The molecule has 204 valence electrons. The number of methoxy groups -OCH3 is 1. The van der Waals surface area contributed by atoms with E-state index in [0.717, 1.165) is 38.4 Å². The summed E-state index contributed by atoms with van der Waals surface area (Å²) in [4.78, 5) is 34.8. The van der Waals surface area contributed by atoms with Gasteiger partial charge in [0.15, 0.2) is 0 Å². The van der Waals surface area contributed by atoms with Gasteiger partial charge in [-0.3, -0.25) is 0 Å². The molecule has 0 spiro atoms. The van der Waals surface area contributed by atoms with Crippen LogP contribution in [-0.4, -0.2) is 34.6 Å². The van der Waals surface area contributed by atoms with E-state index in [1.807, 2.05) is 31.2 Å². The minimum atomic E-state index is -0.574. The molecular formula is C31H29N3O5S. The second-order valence-electron chi connectivity index (χ2n) is 10.1. The maximum atomic E-state index is 12.9. The Balaban J connectivity index is 1.53. The summed E-state index contributed by atoms with van der Waals surface area (Å²) in [6.45, 7) is 8.30. The highest BCUT2D eigenvalue weighted by Crippen LogP contribution is 2.43. The van der Waals surface area contributed by atoms with Crippen LogP contribution in [0.1, 0.15) is 56.8 Å². The number of aryl methyl sites for hydroxylation is 1. The smallest absolute Gasteiger partial charge is 0.348 e. The number of fused-ring (bicyclic) bond motifs is 1. The molecule has 0 bridgehead atoms. The number of aromatic nitrogens is 2. The van der Waals surface area contributed by atoms with Crippen LogP contribution < -0.4 is 14.8 Å². The first-order valence-electron chi connectivity index (χ1n) is 12.7. The molecule has 1 N–H and O–H groups in total. The Morgan fingerprint density at radius 3 is 2.42 bits per heavy atom. The lowest BCUT2D eigenvalue weighted by atomic mass is 9.85. The van der Waals surface area contributed by atoms with Gasteiger partial charge in [0.05, 0.1) is 18.2 Å². The van der Waals surface area contributed by atoms with Crippen LogP contribution in [0, 0.1) is 6.92 Å². The molecule has 5 rings (SSSR count). The van der Waals surface area contributed by atoms with E-state index in [0.29, 0.717) is 16.4 Å². The summed E-state index contributed by atoms with van der Waals surface area (Å²) in [6.07, 6.45) is 6.30. The number of ether oxygens (including phenoxy) is 3. The van der Waals surface area contributed by atoms with Gasteiger partial charge in [0.2, 0.25) is 0 Å². The molecule has 1 aliphatic heterocycles. The monoisotopic (exact) mass is 555 g/mol. The van der Waals surface area contributed by atoms with Crippen molar-refractivity contribution in [3.8, 4) is 22.6 Å². The normalized spacial score (nSPS) is 13.5. The van der Waals surface area contributed by atoms with Crippen LogP contribution in [0.25, 0.3) is 16.7 Å². The molecule has 0 saturated heterocycles. The van der Waals surface area contributed by atoms with Crippen molar-refractivity contribution in [2.24, 2.45) is 0 Å². The number of thiophene rings is 1. The largest absolute Gasteiger partial charge is 0.496 e. The maximum Gasteiger partial charge on any atom is 0.348 e. The van der Waals surface area contributed by atoms with Crippen molar-refractivity contribution >= 4 is 34.5 Å². The van der Waals surface area contributed by atoms with E-state index in [4.69, 9.17) is 14.2 Å². The van der Waals surface area contributed by atoms with Gasteiger partial charge in [-0.25, -0.2) is 19.6 Å². The molecule has 0 saturated carbocycles. The fraction of sp³-hybridized carbons (Fsp3) is 0.226. The van der Waals surface area contributed by atoms with Crippen LogP contribution >= 0.6 is 11.3 Å². The topological polar surface area (TPSA) is 99.6 Å². The average molecular weight is 556 g/mol. The van der Waals surface area contributed by atoms with Gasteiger partial charge in [-0.15, -0.1) is 11.3 Å². The first-order chi connectivity index (χ1) is 19.1. The van der Waals surface area contributed by atoms with Crippen molar-refractivity contribution in [1.82, 2.24) is 9.97 Å². The molecule has 4 aromatic rings. The zero-order valence-electron chi connectivity index (χ0n) is 22.9. The Labute approximate surface area is 236 Å². The molecule has 0 amide bonds. The van der Waals surface area contributed by atoms with Crippen molar-refractivity contribution in [3.05, 3.63) is 93.7 Å².